The fraction of sp³-hybridized carbons (Fsp3) is 0.917. The largest absolute Gasteiger partial charge is 0.335 e. The second-order valence-electron chi connectivity index (χ2n) is 5.31. The molecule has 0 radical (unpaired) electrons. The number of rotatable bonds is 1. The third-order valence-corrected chi connectivity index (χ3v) is 4.30. The zero-order valence-corrected chi connectivity index (χ0v) is 9.82. The van der Waals surface area contributed by atoms with Gasteiger partial charge < -0.3 is 10.2 Å². The van der Waals surface area contributed by atoms with E-state index in [-0.39, 0.29) is 0 Å². The second-order valence-corrected chi connectivity index (χ2v) is 5.31. The molecule has 0 aromatic heterocycles. The number of nitrogens with one attached hydrogen (secondary N) is 1. The van der Waals surface area contributed by atoms with E-state index in [9.17, 15) is 4.79 Å². The number of hydrogen-bond donors (Lipinski definition) is 1. The summed E-state index contributed by atoms with van der Waals surface area (Å²) in [7, 11) is 0. The molecule has 1 unspecified atom stereocenters. The Kier molecular flexibility index (Phi) is 2.86. The van der Waals surface area contributed by atoms with Crippen LogP contribution in [0.2, 0.25) is 0 Å². The molecule has 0 spiro atoms. The van der Waals surface area contributed by atoms with Gasteiger partial charge >= 0.3 is 0 Å². The molecule has 1 amide bonds. The number of carbonyl (C=O) groups excluding carboxylic acids is 1. The predicted octanol–water partition coefficient (Wildman–Crippen LogP) is 0.0450. The lowest BCUT2D eigenvalue weighted by atomic mass is 10.1. The summed E-state index contributed by atoms with van der Waals surface area (Å²) in [6, 6.07) is 1.11. The minimum atomic E-state index is 0.352. The lowest BCUT2D eigenvalue weighted by Crippen LogP contribution is -2.64. The standard InChI is InChI=1S/C12H21N3O/c16-12-9-14(10-3-1-2-4-10)8-11-7-13-5-6-15(11)12/h10-11,13H,1-9H2. The third-order valence-electron chi connectivity index (χ3n) is 4.30. The third kappa shape index (κ3) is 1.84. The number of hydrogen-bond acceptors (Lipinski definition) is 3. The quantitative estimate of drug-likeness (QED) is 0.682. The number of piperazine rings is 2. The highest BCUT2D eigenvalue weighted by Crippen LogP contribution is 2.26. The van der Waals surface area contributed by atoms with Crippen LogP contribution < -0.4 is 5.32 Å². The van der Waals surface area contributed by atoms with Crippen LogP contribution in [0.15, 0.2) is 0 Å². The van der Waals surface area contributed by atoms with Gasteiger partial charge in [-0.15, -0.1) is 0 Å². The summed E-state index contributed by atoms with van der Waals surface area (Å²) in [5.41, 5.74) is 0. The Morgan fingerprint density at radius 1 is 1.19 bits per heavy atom. The first-order valence-corrected chi connectivity index (χ1v) is 6.59. The average molecular weight is 223 g/mol. The van der Waals surface area contributed by atoms with Crippen molar-refractivity contribution in [3.8, 4) is 0 Å². The Bertz CT molecular complexity index is 275. The topological polar surface area (TPSA) is 35.6 Å². The van der Waals surface area contributed by atoms with Gasteiger partial charge in [0, 0.05) is 32.2 Å². The molecule has 4 heteroatoms. The molecule has 2 saturated heterocycles. The molecule has 90 valence electrons. The summed E-state index contributed by atoms with van der Waals surface area (Å²) in [6.45, 7) is 4.60. The van der Waals surface area contributed by atoms with E-state index in [1.54, 1.807) is 0 Å². The molecule has 16 heavy (non-hydrogen) atoms. The monoisotopic (exact) mass is 223 g/mol. The molecule has 2 aliphatic heterocycles. The first kappa shape index (κ1) is 10.5. The van der Waals surface area contributed by atoms with Gasteiger partial charge in [0.05, 0.1) is 12.6 Å². The van der Waals surface area contributed by atoms with Crippen molar-refractivity contribution in [1.82, 2.24) is 15.1 Å². The normalized spacial score (nSPS) is 33.1. The Morgan fingerprint density at radius 3 is 2.81 bits per heavy atom. The lowest BCUT2D eigenvalue weighted by molar-refractivity contribution is -0.142. The molecular weight excluding hydrogens is 202 g/mol. The van der Waals surface area contributed by atoms with E-state index in [2.05, 4.69) is 15.1 Å². The summed E-state index contributed by atoms with van der Waals surface area (Å²) < 4.78 is 0. The Labute approximate surface area is 97.0 Å². The van der Waals surface area contributed by atoms with Crippen molar-refractivity contribution < 1.29 is 4.79 Å². The highest BCUT2D eigenvalue weighted by Gasteiger charge is 2.37. The summed E-state index contributed by atoms with van der Waals surface area (Å²) >= 11 is 0. The number of nitrogens with zero attached hydrogens (tertiary/aromatic N) is 2. The van der Waals surface area contributed by atoms with Crippen LogP contribution in [0.1, 0.15) is 25.7 Å². The zero-order chi connectivity index (χ0) is 11.0. The highest BCUT2D eigenvalue weighted by atomic mass is 16.2. The maximum Gasteiger partial charge on any atom is 0.237 e. The van der Waals surface area contributed by atoms with Gasteiger partial charge in [-0.3, -0.25) is 9.69 Å². The van der Waals surface area contributed by atoms with Gasteiger partial charge in [-0.1, -0.05) is 12.8 Å². The van der Waals surface area contributed by atoms with Gasteiger partial charge in [-0.2, -0.15) is 0 Å². The van der Waals surface area contributed by atoms with Gasteiger partial charge in [-0.25, -0.2) is 0 Å². The van der Waals surface area contributed by atoms with Crippen LogP contribution in [0, 0.1) is 0 Å². The summed E-state index contributed by atoms with van der Waals surface area (Å²) in [5, 5.41) is 3.40. The SMILES string of the molecule is O=C1CN(C2CCCC2)CC2CNCCN12. The molecule has 0 aromatic rings. The van der Waals surface area contributed by atoms with Crippen LogP contribution >= 0.6 is 0 Å². The van der Waals surface area contributed by atoms with Crippen molar-refractivity contribution in [2.24, 2.45) is 0 Å². The van der Waals surface area contributed by atoms with Crippen LogP contribution in [0.5, 0.6) is 0 Å². The fourth-order valence-corrected chi connectivity index (χ4v) is 3.40. The molecule has 2 heterocycles. The van der Waals surface area contributed by atoms with Crippen molar-refractivity contribution in [3.63, 3.8) is 0 Å². The molecule has 3 aliphatic rings. The smallest absolute Gasteiger partial charge is 0.237 e. The summed E-state index contributed by atoms with van der Waals surface area (Å²) in [6.07, 6.45) is 5.30. The molecule has 0 aromatic carbocycles. The van der Waals surface area contributed by atoms with Gasteiger partial charge in [0.1, 0.15) is 0 Å². The first-order valence-electron chi connectivity index (χ1n) is 6.59. The molecule has 3 rings (SSSR count). The van der Waals surface area contributed by atoms with Gasteiger partial charge in [0.15, 0.2) is 0 Å². The zero-order valence-electron chi connectivity index (χ0n) is 9.82. The van der Waals surface area contributed by atoms with Crippen molar-refractivity contribution in [3.05, 3.63) is 0 Å². The van der Waals surface area contributed by atoms with Crippen molar-refractivity contribution in [1.29, 1.82) is 0 Å². The molecule has 3 fully saturated rings. The Morgan fingerprint density at radius 2 is 2.00 bits per heavy atom. The molecule has 1 N–H and O–H groups in total. The maximum absolute atomic E-state index is 12.1. The van der Waals surface area contributed by atoms with Crippen LogP contribution in [-0.4, -0.2) is 60.5 Å². The van der Waals surface area contributed by atoms with E-state index in [1.807, 2.05) is 0 Å². The van der Waals surface area contributed by atoms with E-state index in [1.165, 1.54) is 25.7 Å². The molecular formula is C12H21N3O. The van der Waals surface area contributed by atoms with E-state index < -0.39 is 0 Å². The Balaban J connectivity index is 1.68. The van der Waals surface area contributed by atoms with Gasteiger partial charge in [0.2, 0.25) is 5.91 Å². The van der Waals surface area contributed by atoms with Crippen LogP contribution in [0.4, 0.5) is 0 Å². The van der Waals surface area contributed by atoms with E-state index in [0.717, 1.165) is 26.2 Å². The molecule has 1 saturated carbocycles. The first-order chi connectivity index (χ1) is 7.84. The van der Waals surface area contributed by atoms with Crippen molar-refractivity contribution in [2.45, 2.75) is 37.8 Å². The van der Waals surface area contributed by atoms with E-state index in [0.29, 0.717) is 24.5 Å². The molecule has 1 atom stereocenters. The highest BCUT2D eigenvalue weighted by molar-refractivity contribution is 5.79. The fourth-order valence-electron chi connectivity index (χ4n) is 3.40. The van der Waals surface area contributed by atoms with Gasteiger partial charge in [-0.05, 0) is 12.8 Å². The minimum absolute atomic E-state index is 0.352. The molecule has 0 bridgehead atoms. The van der Waals surface area contributed by atoms with Crippen LogP contribution in [0.25, 0.3) is 0 Å². The Hall–Kier alpha value is -0.610. The van der Waals surface area contributed by atoms with Crippen LogP contribution in [-0.2, 0) is 4.79 Å². The van der Waals surface area contributed by atoms with Crippen molar-refractivity contribution in [2.75, 3.05) is 32.7 Å². The summed E-state index contributed by atoms with van der Waals surface area (Å²) in [5.74, 6) is 0.352. The number of fused-ring (bicyclic) bond motifs is 1. The number of carbonyl (C=O) groups is 1. The maximum atomic E-state index is 12.1. The van der Waals surface area contributed by atoms with E-state index in [4.69, 9.17) is 0 Å². The van der Waals surface area contributed by atoms with Crippen molar-refractivity contribution >= 4 is 5.91 Å². The van der Waals surface area contributed by atoms with Crippen LogP contribution in [0.3, 0.4) is 0 Å². The predicted molar refractivity (Wildman–Crippen MR) is 62.2 cm³/mol. The molecule has 1 aliphatic carbocycles. The lowest BCUT2D eigenvalue weighted by Gasteiger charge is -2.45. The minimum Gasteiger partial charge on any atom is -0.335 e. The van der Waals surface area contributed by atoms with E-state index >= 15 is 0 Å². The second kappa shape index (κ2) is 4.34. The molecule has 4 nitrogen and oxygen atoms in total. The van der Waals surface area contributed by atoms with Gasteiger partial charge in [0.25, 0.3) is 0 Å². The number of amides is 1. The average Bonchev–Trinajstić information content (AvgIpc) is 2.82. The summed E-state index contributed by atoms with van der Waals surface area (Å²) in [4.78, 5) is 16.6.